The van der Waals surface area contributed by atoms with Gasteiger partial charge >= 0.3 is 0 Å². The molecule has 1 saturated heterocycles. The largest absolute Gasteiger partial charge is 0.316 e. The van der Waals surface area contributed by atoms with Gasteiger partial charge in [0.2, 0.25) is 0 Å². The van der Waals surface area contributed by atoms with E-state index in [0.717, 1.165) is 18.8 Å². The Morgan fingerprint density at radius 1 is 1.10 bits per heavy atom. The number of hydrogen-bond acceptors (Lipinski definition) is 3. The highest BCUT2D eigenvalue weighted by Gasteiger charge is 2.19. The van der Waals surface area contributed by atoms with Crippen molar-refractivity contribution in [2.75, 3.05) is 13.1 Å². The zero-order valence-corrected chi connectivity index (χ0v) is 12.7. The smallest absolute Gasteiger partial charge is 0.0976 e. The molecule has 2 heterocycles. The van der Waals surface area contributed by atoms with E-state index in [1.165, 1.54) is 34.2 Å². The Morgan fingerprint density at radius 3 is 2.90 bits per heavy atom. The van der Waals surface area contributed by atoms with E-state index in [9.17, 15) is 0 Å². The maximum absolute atomic E-state index is 4.93. The fraction of sp³-hybridized carbons (Fsp3) is 0.278. The van der Waals surface area contributed by atoms with Crippen LogP contribution in [0.3, 0.4) is 0 Å². The lowest BCUT2D eigenvalue weighted by atomic mass is 10.00. The highest BCUT2D eigenvalue weighted by Crippen LogP contribution is 2.33. The van der Waals surface area contributed by atoms with E-state index in [0.29, 0.717) is 5.92 Å². The zero-order valence-electron chi connectivity index (χ0n) is 11.9. The van der Waals surface area contributed by atoms with Crippen LogP contribution in [0.15, 0.2) is 47.8 Å². The summed E-state index contributed by atoms with van der Waals surface area (Å²) in [6.45, 7) is 2.22. The molecule has 1 aromatic heterocycles. The number of nitrogens with one attached hydrogen (secondary N) is 1. The van der Waals surface area contributed by atoms with Gasteiger partial charge < -0.3 is 5.32 Å². The van der Waals surface area contributed by atoms with Gasteiger partial charge in [0, 0.05) is 23.4 Å². The number of piperidine rings is 1. The van der Waals surface area contributed by atoms with Gasteiger partial charge in [0.05, 0.1) is 10.7 Å². The molecule has 3 aromatic rings. The Bertz CT molecular complexity index is 751. The third-order valence-corrected chi connectivity index (χ3v) is 5.24. The van der Waals surface area contributed by atoms with Crippen molar-refractivity contribution in [1.29, 1.82) is 0 Å². The number of thiazole rings is 1. The zero-order chi connectivity index (χ0) is 14.1. The Labute approximate surface area is 128 Å². The van der Waals surface area contributed by atoms with E-state index in [-0.39, 0.29) is 0 Å². The van der Waals surface area contributed by atoms with Crippen molar-refractivity contribution >= 4 is 22.1 Å². The van der Waals surface area contributed by atoms with Gasteiger partial charge in [-0.1, -0.05) is 42.5 Å². The highest BCUT2D eigenvalue weighted by atomic mass is 32.1. The molecule has 106 valence electrons. The van der Waals surface area contributed by atoms with Crippen LogP contribution in [0, 0.1) is 0 Å². The molecule has 1 unspecified atom stereocenters. The minimum absolute atomic E-state index is 0.590. The van der Waals surface area contributed by atoms with Crippen molar-refractivity contribution in [3.05, 3.63) is 52.9 Å². The van der Waals surface area contributed by atoms with Crippen LogP contribution in [0.25, 0.3) is 22.0 Å². The van der Waals surface area contributed by atoms with E-state index in [2.05, 4.69) is 53.2 Å². The second-order valence-corrected chi connectivity index (χ2v) is 6.53. The molecule has 1 fully saturated rings. The number of benzene rings is 2. The lowest BCUT2D eigenvalue weighted by molar-refractivity contribution is 0.460. The van der Waals surface area contributed by atoms with E-state index < -0.39 is 0 Å². The van der Waals surface area contributed by atoms with Crippen molar-refractivity contribution in [3.8, 4) is 11.3 Å². The number of hydrogen-bond donors (Lipinski definition) is 1. The lowest BCUT2D eigenvalue weighted by Gasteiger charge is -2.20. The molecule has 0 bridgehead atoms. The topological polar surface area (TPSA) is 24.9 Å². The summed E-state index contributed by atoms with van der Waals surface area (Å²) in [4.78, 5) is 4.93. The predicted octanol–water partition coefficient (Wildman–Crippen LogP) is 4.43. The minimum Gasteiger partial charge on any atom is -0.316 e. The molecule has 2 aromatic carbocycles. The van der Waals surface area contributed by atoms with E-state index in [1.807, 2.05) is 11.3 Å². The first-order valence-electron chi connectivity index (χ1n) is 7.56. The SMILES string of the molecule is c1ccc2c(-c3csc(C4CCCNC4)n3)cccc2c1. The Hall–Kier alpha value is -1.71. The number of aromatic nitrogens is 1. The lowest BCUT2D eigenvalue weighted by Crippen LogP contribution is -2.28. The molecular formula is C18H18N2S. The normalized spacial score (nSPS) is 19.0. The summed E-state index contributed by atoms with van der Waals surface area (Å²) < 4.78 is 0. The maximum Gasteiger partial charge on any atom is 0.0976 e. The summed E-state index contributed by atoms with van der Waals surface area (Å²) >= 11 is 1.81. The third-order valence-electron chi connectivity index (χ3n) is 4.23. The molecule has 0 spiro atoms. The summed E-state index contributed by atoms with van der Waals surface area (Å²) in [5.41, 5.74) is 2.37. The molecule has 0 radical (unpaired) electrons. The Morgan fingerprint density at radius 2 is 2.00 bits per heavy atom. The average Bonchev–Trinajstić information content (AvgIpc) is 3.05. The quantitative estimate of drug-likeness (QED) is 0.756. The van der Waals surface area contributed by atoms with Crippen molar-refractivity contribution in [2.24, 2.45) is 0 Å². The molecule has 0 amide bonds. The molecule has 4 rings (SSSR count). The summed E-state index contributed by atoms with van der Waals surface area (Å²) in [5.74, 6) is 0.590. The first kappa shape index (κ1) is 13.0. The first-order chi connectivity index (χ1) is 10.4. The highest BCUT2D eigenvalue weighted by molar-refractivity contribution is 7.10. The van der Waals surface area contributed by atoms with Crippen molar-refractivity contribution in [2.45, 2.75) is 18.8 Å². The number of rotatable bonds is 2. The number of fused-ring (bicyclic) bond motifs is 1. The minimum atomic E-state index is 0.590. The van der Waals surface area contributed by atoms with Gasteiger partial charge in [-0.25, -0.2) is 4.98 Å². The monoisotopic (exact) mass is 294 g/mol. The molecule has 0 saturated carbocycles. The molecule has 0 aliphatic carbocycles. The van der Waals surface area contributed by atoms with Crippen LogP contribution in [0.2, 0.25) is 0 Å². The van der Waals surface area contributed by atoms with Crippen LogP contribution in [0.5, 0.6) is 0 Å². The molecule has 1 aliphatic heterocycles. The molecule has 1 atom stereocenters. The van der Waals surface area contributed by atoms with Gasteiger partial charge in [0.1, 0.15) is 0 Å². The van der Waals surface area contributed by atoms with Crippen LogP contribution < -0.4 is 5.32 Å². The van der Waals surface area contributed by atoms with Gasteiger partial charge in [0.25, 0.3) is 0 Å². The molecule has 21 heavy (non-hydrogen) atoms. The summed E-state index contributed by atoms with van der Waals surface area (Å²) in [6.07, 6.45) is 2.52. The second kappa shape index (κ2) is 5.58. The third kappa shape index (κ3) is 2.47. The van der Waals surface area contributed by atoms with Crippen molar-refractivity contribution in [3.63, 3.8) is 0 Å². The summed E-state index contributed by atoms with van der Waals surface area (Å²) in [6, 6.07) is 15.0. The second-order valence-electron chi connectivity index (χ2n) is 5.64. The molecule has 3 heteroatoms. The molecule has 1 aliphatic rings. The molecule has 1 N–H and O–H groups in total. The molecular weight excluding hydrogens is 276 g/mol. The predicted molar refractivity (Wildman–Crippen MR) is 89.9 cm³/mol. The fourth-order valence-electron chi connectivity index (χ4n) is 3.11. The Kier molecular flexibility index (Phi) is 3.45. The first-order valence-corrected chi connectivity index (χ1v) is 8.44. The van der Waals surface area contributed by atoms with Gasteiger partial charge in [-0.2, -0.15) is 0 Å². The van der Waals surface area contributed by atoms with Crippen LogP contribution in [0.1, 0.15) is 23.8 Å². The van der Waals surface area contributed by atoms with Crippen LogP contribution in [-0.2, 0) is 0 Å². The van der Waals surface area contributed by atoms with Crippen LogP contribution in [0.4, 0.5) is 0 Å². The van der Waals surface area contributed by atoms with Crippen molar-refractivity contribution in [1.82, 2.24) is 10.3 Å². The van der Waals surface area contributed by atoms with E-state index in [4.69, 9.17) is 4.98 Å². The van der Waals surface area contributed by atoms with Gasteiger partial charge in [-0.05, 0) is 30.2 Å². The standard InChI is InChI=1S/C18H18N2S/c1-2-8-15-13(5-1)6-3-9-16(15)17-12-21-18(20-17)14-7-4-10-19-11-14/h1-3,5-6,8-9,12,14,19H,4,7,10-11H2. The van der Waals surface area contributed by atoms with E-state index >= 15 is 0 Å². The summed E-state index contributed by atoms with van der Waals surface area (Å²) in [5, 5.41) is 9.55. The van der Waals surface area contributed by atoms with Crippen LogP contribution >= 0.6 is 11.3 Å². The van der Waals surface area contributed by atoms with Gasteiger partial charge in [0.15, 0.2) is 0 Å². The Balaban J connectivity index is 1.74. The molecule has 2 nitrogen and oxygen atoms in total. The number of nitrogens with zero attached hydrogens (tertiary/aromatic N) is 1. The fourth-order valence-corrected chi connectivity index (χ4v) is 4.07. The maximum atomic E-state index is 4.93. The van der Waals surface area contributed by atoms with Gasteiger partial charge in [-0.3, -0.25) is 0 Å². The van der Waals surface area contributed by atoms with Crippen molar-refractivity contribution < 1.29 is 0 Å². The van der Waals surface area contributed by atoms with E-state index in [1.54, 1.807) is 0 Å². The van der Waals surface area contributed by atoms with Crippen LogP contribution in [-0.4, -0.2) is 18.1 Å². The average molecular weight is 294 g/mol. The summed E-state index contributed by atoms with van der Waals surface area (Å²) in [7, 11) is 0. The van der Waals surface area contributed by atoms with Gasteiger partial charge in [-0.15, -0.1) is 11.3 Å².